The first-order valence-electron chi connectivity index (χ1n) is 6.26. The van der Waals surface area contributed by atoms with E-state index in [0.29, 0.717) is 22.6 Å². The number of amides is 2. The fraction of sp³-hybridized carbons (Fsp3) is 0.125. The third-order valence-corrected chi connectivity index (χ3v) is 3.51. The second kappa shape index (κ2) is 4.49. The normalized spacial score (nSPS) is 13.6. The number of carbonyl (C=O) groups excluding carboxylic acids is 2. The fourth-order valence-electron chi connectivity index (χ4n) is 2.47. The topological polar surface area (TPSA) is 46.6 Å². The van der Waals surface area contributed by atoms with Crippen LogP contribution in [0.25, 0.3) is 0 Å². The number of anilines is 1. The standard InChI is InChI=1S/C16H13NO3/c1-10-13(8-5-9-14(10)20-2)17-15(18)11-6-3-4-7-12(11)16(17)19/h3-9H,1-2H3. The average Bonchev–Trinajstić information content (AvgIpc) is 2.72. The van der Waals surface area contributed by atoms with E-state index in [1.54, 1.807) is 49.6 Å². The van der Waals surface area contributed by atoms with E-state index in [-0.39, 0.29) is 11.8 Å². The summed E-state index contributed by atoms with van der Waals surface area (Å²) in [4.78, 5) is 26.1. The molecule has 0 unspecified atom stereocenters. The number of fused-ring (bicyclic) bond motifs is 1. The summed E-state index contributed by atoms with van der Waals surface area (Å²) >= 11 is 0. The first-order chi connectivity index (χ1) is 9.65. The SMILES string of the molecule is COc1cccc(N2C(=O)c3ccccc3C2=O)c1C. The second-order valence-corrected chi connectivity index (χ2v) is 4.60. The summed E-state index contributed by atoms with van der Waals surface area (Å²) in [6.07, 6.45) is 0. The Morgan fingerprint density at radius 1 is 0.900 bits per heavy atom. The van der Waals surface area contributed by atoms with Gasteiger partial charge in [-0.1, -0.05) is 18.2 Å². The zero-order chi connectivity index (χ0) is 14.3. The Kier molecular flexibility index (Phi) is 2.79. The van der Waals surface area contributed by atoms with Gasteiger partial charge in [0.15, 0.2) is 0 Å². The lowest BCUT2D eigenvalue weighted by Crippen LogP contribution is -2.30. The zero-order valence-electron chi connectivity index (χ0n) is 11.2. The fourth-order valence-corrected chi connectivity index (χ4v) is 2.47. The minimum atomic E-state index is -0.290. The second-order valence-electron chi connectivity index (χ2n) is 4.60. The maximum absolute atomic E-state index is 12.4. The Morgan fingerprint density at radius 3 is 2.05 bits per heavy atom. The van der Waals surface area contributed by atoms with Gasteiger partial charge >= 0.3 is 0 Å². The van der Waals surface area contributed by atoms with Gasteiger partial charge in [-0.2, -0.15) is 0 Å². The number of carbonyl (C=O) groups is 2. The first-order valence-corrected chi connectivity index (χ1v) is 6.26. The van der Waals surface area contributed by atoms with Crippen molar-refractivity contribution < 1.29 is 14.3 Å². The van der Waals surface area contributed by atoms with Crippen LogP contribution in [0.1, 0.15) is 26.3 Å². The molecule has 4 heteroatoms. The Bertz CT molecular complexity index is 686. The van der Waals surface area contributed by atoms with Gasteiger partial charge in [-0.15, -0.1) is 0 Å². The van der Waals surface area contributed by atoms with Gasteiger partial charge in [0.25, 0.3) is 11.8 Å². The minimum absolute atomic E-state index is 0.290. The first kappa shape index (κ1) is 12.4. The van der Waals surface area contributed by atoms with E-state index < -0.39 is 0 Å². The van der Waals surface area contributed by atoms with Crippen LogP contribution < -0.4 is 9.64 Å². The molecule has 0 aliphatic carbocycles. The summed E-state index contributed by atoms with van der Waals surface area (Å²) < 4.78 is 5.24. The zero-order valence-corrected chi connectivity index (χ0v) is 11.2. The quantitative estimate of drug-likeness (QED) is 0.786. The van der Waals surface area contributed by atoms with Crippen molar-refractivity contribution in [3.63, 3.8) is 0 Å². The van der Waals surface area contributed by atoms with Crippen molar-refractivity contribution in [1.82, 2.24) is 0 Å². The predicted octanol–water partition coefficient (Wildman–Crippen LogP) is 2.80. The van der Waals surface area contributed by atoms with Gasteiger partial charge in [-0.05, 0) is 31.2 Å². The van der Waals surface area contributed by atoms with Crippen molar-refractivity contribution in [2.45, 2.75) is 6.92 Å². The maximum atomic E-state index is 12.4. The van der Waals surface area contributed by atoms with Crippen LogP contribution in [0.4, 0.5) is 5.69 Å². The number of ether oxygens (including phenoxy) is 1. The van der Waals surface area contributed by atoms with E-state index >= 15 is 0 Å². The van der Waals surface area contributed by atoms with Crippen molar-refractivity contribution in [3.05, 3.63) is 59.2 Å². The highest BCUT2D eigenvalue weighted by Gasteiger charge is 2.37. The highest BCUT2D eigenvalue weighted by molar-refractivity contribution is 6.34. The number of hydrogen-bond acceptors (Lipinski definition) is 3. The molecule has 20 heavy (non-hydrogen) atoms. The van der Waals surface area contributed by atoms with E-state index in [9.17, 15) is 9.59 Å². The van der Waals surface area contributed by atoms with Crippen LogP contribution in [-0.2, 0) is 0 Å². The molecule has 1 aliphatic heterocycles. The summed E-state index contributed by atoms with van der Waals surface area (Å²) in [6, 6.07) is 12.2. The van der Waals surface area contributed by atoms with Crippen LogP contribution in [0.3, 0.4) is 0 Å². The van der Waals surface area contributed by atoms with Gasteiger partial charge in [0, 0.05) is 5.56 Å². The molecular weight excluding hydrogens is 254 g/mol. The predicted molar refractivity (Wildman–Crippen MR) is 75.3 cm³/mol. The Morgan fingerprint density at radius 2 is 1.50 bits per heavy atom. The summed E-state index contributed by atoms with van der Waals surface area (Å²) in [6.45, 7) is 1.83. The van der Waals surface area contributed by atoms with Crippen LogP contribution in [0.5, 0.6) is 5.75 Å². The summed E-state index contributed by atoms with van der Waals surface area (Å²) in [5, 5.41) is 0. The van der Waals surface area contributed by atoms with Gasteiger partial charge in [-0.3, -0.25) is 9.59 Å². The van der Waals surface area contributed by atoms with Gasteiger partial charge in [-0.25, -0.2) is 4.90 Å². The number of methoxy groups -OCH3 is 1. The van der Waals surface area contributed by atoms with Crippen LogP contribution in [-0.4, -0.2) is 18.9 Å². The molecule has 0 fully saturated rings. The number of hydrogen-bond donors (Lipinski definition) is 0. The van der Waals surface area contributed by atoms with Gasteiger partial charge < -0.3 is 4.74 Å². The number of benzene rings is 2. The van der Waals surface area contributed by atoms with Crippen LogP contribution in [0.15, 0.2) is 42.5 Å². The van der Waals surface area contributed by atoms with E-state index in [4.69, 9.17) is 4.74 Å². The molecule has 0 bridgehead atoms. The lowest BCUT2D eigenvalue weighted by molar-refractivity contribution is 0.0926. The number of nitrogens with zero attached hydrogens (tertiary/aromatic N) is 1. The van der Waals surface area contributed by atoms with Crippen molar-refractivity contribution >= 4 is 17.5 Å². The van der Waals surface area contributed by atoms with E-state index in [1.165, 1.54) is 4.90 Å². The van der Waals surface area contributed by atoms with Crippen molar-refractivity contribution in [1.29, 1.82) is 0 Å². The molecule has 0 N–H and O–H groups in total. The molecule has 0 atom stereocenters. The molecule has 2 aromatic carbocycles. The largest absolute Gasteiger partial charge is 0.496 e. The lowest BCUT2D eigenvalue weighted by Gasteiger charge is -2.18. The molecule has 0 radical (unpaired) electrons. The molecule has 3 rings (SSSR count). The molecule has 0 saturated heterocycles. The van der Waals surface area contributed by atoms with Gasteiger partial charge in [0.05, 0.1) is 23.9 Å². The Labute approximate surface area is 116 Å². The minimum Gasteiger partial charge on any atom is -0.496 e. The highest BCUT2D eigenvalue weighted by atomic mass is 16.5. The molecule has 0 spiro atoms. The van der Waals surface area contributed by atoms with E-state index in [2.05, 4.69) is 0 Å². The molecule has 4 nitrogen and oxygen atoms in total. The smallest absolute Gasteiger partial charge is 0.266 e. The Balaban J connectivity index is 2.14. The summed E-state index contributed by atoms with van der Waals surface area (Å²) in [7, 11) is 1.56. The molecule has 100 valence electrons. The van der Waals surface area contributed by atoms with Gasteiger partial charge in [0.2, 0.25) is 0 Å². The Hall–Kier alpha value is -2.62. The average molecular weight is 267 g/mol. The highest BCUT2D eigenvalue weighted by Crippen LogP contribution is 2.33. The third kappa shape index (κ3) is 1.61. The van der Waals surface area contributed by atoms with Crippen LogP contribution in [0, 0.1) is 6.92 Å². The molecule has 2 amide bonds. The van der Waals surface area contributed by atoms with E-state index in [1.807, 2.05) is 6.92 Å². The molecule has 1 heterocycles. The van der Waals surface area contributed by atoms with Crippen molar-refractivity contribution in [3.8, 4) is 5.75 Å². The molecular formula is C16H13NO3. The van der Waals surface area contributed by atoms with Crippen molar-refractivity contribution in [2.75, 3.05) is 12.0 Å². The van der Waals surface area contributed by atoms with Gasteiger partial charge in [0.1, 0.15) is 5.75 Å². The molecule has 1 aliphatic rings. The number of rotatable bonds is 2. The molecule has 0 aromatic heterocycles. The molecule has 2 aromatic rings. The lowest BCUT2D eigenvalue weighted by atomic mass is 10.1. The summed E-state index contributed by atoms with van der Waals surface area (Å²) in [5.41, 5.74) is 2.22. The monoisotopic (exact) mass is 267 g/mol. The van der Waals surface area contributed by atoms with Crippen molar-refractivity contribution in [2.24, 2.45) is 0 Å². The van der Waals surface area contributed by atoms with Crippen LogP contribution in [0.2, 0.25) is 0 Å². The summed E-state index contributed by atoms with van der Waals surface area (Å²) in [5.74, 6) is 0.0722. The molecule has 0 saturated carbocycles. The maximum Gasteiger partial charge on any atom is 0.266 e. The van der Waals surface area contributed by atoms with Crippen LogP contribution >= 0.6 is 0 Å². The third-order valence-electron chi connectivity index (χ3n) is 3.51. The van der Waals surface area contributed by atoms with E-state index in [0.717, 1.165) is 5.56 Å². The number of imide groups is 1.